The number of halogens is 3. The van der Waals surface area contributed by atoms with Crippen molar-refractivity contribution in [2.45, 2.75) is 22.0 Å². The molecule has 3 rings (SSSR count). The van der Waals surface area contributed by atoms with Gasteiger partial charge in [-0.05, 0) is 30.2 Å². The summed E-state index contributed by atoms with van der Waals surface area (Å²) in [5, 5.41) is 19.1. The number of ketones is 1. The molecule has 1 aromatic rings. The van der Waals surface area contributed by atoms with Crippen molar-refractivity contribution in [3.05, 3.63) is 41.7 Å². The van der Waals surface area contributed by atoms with E-state index in [-0.39, 0.29) is 6.42 Å². The number of aliphatic carboxylic acids is 1. The van der Waals surface area contributed by atoms with Gasteiger partial charge in [-0.1, -0.05) is 46.9 Å². The summed E-state index contributed by atoms with van der Waals surface area (Å²) in [4.78, 5) is 38.6. The lowest BCUT2D eigenvalue weighted by Gasteiger charge is -2.45. The topological polar surface area (TPSA) is 113 Å². The van der Waals surface area contributed by atoms with E-state index in [2.05, 4.69) is 0 Å². The number of amides is 1. The Labute approximate surface area is 180 Å². The second-order valence-corrected chi connectivity index (χ2v) is 8.75. The normalized spacial score (nSPS) is 27.3. The van der Waals surface area contributed by atoms with Crippen LogP contribution in [0.1, 0.15) is 5.56 Å². The van der Waals surface area contributed by atoms with Gasteiger partial charge in [0.15, 0.2) is 6.23 Å². The van der Waals surface area contributed by atoms with E-state index in [1.165, 1.54) is 7.11 Å². The molecule has 29 heavy (non-hydrogen) atoms. The number of β-lactam (4-membered cyclic amide) rings is 1. The predicted molar refractivity (Wildman–Crippen MR) is 103 cm³/mol. The summed E-state index contributed by atoms with van der Waals surface area (Å²) in [7, 11) is 1.52. The van der Waals surface area contributed by atoms with E-state index in [1.54, 1.807) is 24.3 Å². The third kappa shape index (κ3) is 3.34. The summed E-state index contributed by atoms with van der Waals surface area (Å²) in [5.41, 5.74) is -1.88. The molecule has 2 saturated heterocycles. The molecule has 8 nitrogen and oxygen atoms in total. The highest BCUT2D eigenvalue weighted by Gasteiger charge is 2.74. The van der Waals surface area contributed by atoms with Gasteiger partial charge in [0.25, 0.3) is 9.33 Å². The molecule has 2 fully saturated rings. The molecule has 1 unspecified atom stereocenters. The largest absolute Gasteiger partial charge is 0.497 e. The van der Waals surface area contributed by atoms with Gasteiger partial charge in [-0.25, -0.2) is 4.79 Å². The molecule has 1 amide bonds. The lowest BCUT2D eigenvalue weighted by molar-refractivity contribution is -0.184. The number of hydrogen-bond acceptors (Lipinski definition) is 6. The molecule has 0 bridgehead atoms. The fourth-order valence-electron chi connectivity index (χ4n) is 3.56. The molecular formula is C18H16Cl3NO7. The third-order valence-corrected chi connectivity index (χ3v) is 5.42. The van der Waals surface area contributed by atoms with Crippen LogP contribution in [0.2, 0.25) is 0 Å². The van der Waals surface area contributed by atoms with E-state index in [1.807, 2.05) is 0 Å². The van der Waals surface area contributed by atoms with Crippen molar-refractivity contribution in [3.63, 3.8) is 0 Å². The van der Waals surface area contributed by atoms with Crippen molar-refractivity contribution in [2.75, 3.05) is 13.7 Å². The number of carboxylic acid groups (broad SMARTS) is 1. The Bertz CT molecular complexity index is 880. The van der Waals surface area contributed by atoms with Gasteiger partial charge >= 0.3 is 5.97 Å². The summed E-state index contributed by atoms with van der Waals surface area (Å²) in [6.07, 6.45) is 0.141. The summed E-state index contributed by atoms with van der Waals surface area (Å²) >= 11 is 17.0. The van der Waals surface area contributed by atoms with Gasteiger partial charge < -0.3 is 19.7 Å². The molecule has 0 aliphatic carbocycles. The Hall–Kier alpha value is -2.00. The van der Waals surface area contributed by atoms with Crippen LogP contribution in [0.15, 0.2) is 36.1 Å². The number of fused-ring (bicyclic) bond motifs is 1. The zero-order valence-electron chi connectivity index (χ0n) is 15.0. The molecule has 156 valence electrons. The van der Waals surface area contributed by atoms with Crippen LogP contribution in [-0.4, -0.2) is 62.0 Å². The molecule has 2 aliphatic rings. The lowest BCUT2D eigenvalue weighted by atomic mass is 9.82. The van der Waals surface area contributed by atoms with Crippen LogP contribution in [0.3, 0.4) is 0 Å². The first-order chi connectivity index (χ1) is 13.6. The highest BCUT2D eigenvalue weighted by molar-refractivity contribution is 6.77. The molecule has 0 radical (unpaired) electrons. The minimum Gasteiger partial charge on any atom is -0.497 e. The van der Waals surface area contributed by atoms with E-state index in [4.69, 9.17) is 44.3 Å². The van der Waals surface area contributed by atoms with Crippen LogP contribution in [0.25, 0.3) is 0 Å². The zero-order valence-corrected chi connectivity index (χ0v) is 17.2. The molecule has 1 aromatic carbocycles. The van der Waals surface area contributed by atoms with Gasteiger partial charge in [-0.2, -0.15) is 0 Å². The molecule has 2 heterocycles. The molecule has 0 aromatic heterocycles. The molecule has 3 atom stereocenters. The number of alkyl halides is 3. The Morgan fingerprint density at radius 3 is 2.41 bits per heavy atom. The summed E-state index contributed by atoms with van der Waals surface area (Å²) in [5.74, 6) is -4.33. The smallest absolute Gasteiger partial charge is 0.345 e. The van der Waals surface area contributed by atoms with Crippen LogP contribution in [-0.2, 0) is 25.5 Å². The Morgan fingerprint density at radius 1 is 1.31 bits per heavy atom. The van der Waals surface area contributed by atoms with Crippen molar-refractivity contribution >= 4 is 52.5 Å². The van der Waals surface area contributed by atoms with Crippen molar-refractivity contribution in [2.24, 2.45) is 5.92 Å². The highest BCUT2D eigenvalue weighted by Crippen LogP contribution is 2.51. The maximum atomic E-state index is 12.9. The Morgan fingerprint density at radius 2 is 1.93 bits per heavy atom. The van der Waals surface area contributed by atoms with Crippen molar-refractivity contribution in [1.82, 2.24) is 4.90 Å². The Balaban J connectivity index is 1.97. The van der Waals surface area contributed by atoms with Gasteiger partial charge in [0.1, 0.15) is 11.5 Å². The lowest BCUT2D eigenvalue weighted by Crippen LogP contribution is -2.72. The number of rotatable bonds is 6. The van der Waals surface area contributed by atoms with Crippen LogP contribution in [0.5, 0.6) is 5.75 Å². The highest BCUT2D eigenvalue weighted by atomic mass is 35.6. The van der Waals surface area contributed by atoms with Crippen LogP contribution in [0, 0.1) is 5.92 Å². The van der Waals surface area contributed by atoms with Crippen molar-refractivity contribution < 1.29 is 34.1 Å². The number of benzene rings is 1. The first-order valence-electron chi connectivity index (χ1n) is 8.38. The number of aliphatic hydroxyl groups is 1. The fraction of sp³-hybridized carbons (Fsp3) is 0.389. The van der Waals surface area contributed by atoms with Gasteiger partial charge in [0.2, 0.25) is 11.7 Å². The third-order valence-electron chi connectivity index (χ3n) is 4.91. The number of carbonyl (C=O) groups excluding carboxylic acids is 2. The SMILES string of the molecule is COc1ccc(CC2C(=O)N3[C@@H]2O/C(=C\CO)[C@]3(C(=O)O)C(=O)C(Cl)(Cl)Cl)cc1. The number of carboxylic acids is 1. The standard InChI is InChI=1S/C18H16Cl3NO7/c1-28-10-4-2-9(3-5-10)8-11-13(24)22-14(11)29-12(6-7-23)17(22,16(26)27)15(25)18(19,20)21/h2-6,11,14,23H,7-8H2,1H3,(H,26,27)/b12-6-/t11?,14-,17-/m1/s1. The van der Waals surface area contributed by atoms with E-state index < -0.39 is 51.5 Å². The monoisotopic (exact) mass is 463 g/mol. The second-order valence-electron chi connectivity index (χ2n) is 6.47. The van der Waals surface area contributed by atoms with Crippen molar-refractivity contribution in [3.8, 4) is 5.75 Å². The number of carbonyl (C=O) groups is 3. The minimum absolute atomic E-state index is 0.230. The summed E-state index contributed by atoms with van der Waals surface area (Å²) in [6.45, 7) is -0.643. The number of nitrogens with zero attached hydrogens (tertiary/aromatic N) is 1. The van der Waals surface area contributed by atoms with Gasteiger partial charge in [-0.3, -0.25) is 14.5 Å². The fourth-order valence-corrected chi connectivity index (χ4v) is 3.97. The molecule has 2 aliphatic heterocycles. The van der Waals surface area contributed by atoms with Gasteiger partial charge in [0, 0.05) is 0 Å². The molecule has 2 N–H and O–H groups in total. The number of aliphatic hydroxyl groups excluding tert-OH is 1. The zero-order chi connectivity index (χ0) is 21.6. The van der Waals surface area contributed by atoms with Crippen LogP contribution < -0.4 is 4.74 Å². The average molecular weight is 465 g/mol. The van der Waals surface area contributed by atoms with E-state index in [0.717, 1.165) is 16.5 Å². The summed E-state index contributed by atoms with van der Waals surface area (Å²) in [6, 6.07) is 6.95. The molecule has 0 spiro atoms. The average Bonchev–Trinajstić information content (AvgIpc) is 2.97. The number of ether oxygens (including phenoxy) is 2. The molecule has 0 saturated carbocycles. The number of Topliss-reactive ketones (excluding diaryl/α,β-unsaturated/α-hetero) is 1. The number of methoxy groups -OCH3 is 1. The second kappa shape index (κ2) is 7.68. The van der Waals surface area contributed by atoms with Crippen LogP contribution in [0.4, 0.5) is 0 Å². The first kappa shape index (κ1) is 21.7. The molecule has 11 heteroatoms. The van der Waals surface area contributed by atoms with Gasteiger partial charge in [0.05, 0.1) is 19.6 Å². The van der Waals surface area contributed by atoms with Crippen molar-refractivity contribution in [1.29, 1.82) is 0 Å². The Kier molecular flexibility index (Phi) is 5.75. The summed E-state index contributed by atoms with van der Waals surface area (Å²) < 4.78 is 8.05. The maximum Gasteiger partial charge on any atom is 0.345 e. The van der Waals surface area contributed by atoms with Gasteiger partial charge in [-0.15, -0.1) is 0 Å². The molecular weight excluding hydrogens is 449 g/mol. The number of hydrogen-bond donors (Lipinski definition) is 2. The maximum absolute atomic E-state index is 12.9. The van der Waals surface area contributed by atoms with E-state index in [0.29, 0.717) is 5.75 Å². The van der Waals surface area contributed by atoms with Crippen LogP contribution >= 0.6 is 34.8 Å². The minimum atomic E-state index is -2.66. The quantitative estimate of drug-likeness (QED) is 0.374. The van der Waals surface area contributed by atoms with E-state index >= 15 is 0 Å². The van der Waals surface area contributed by atoms with E-state index in [9.17, 15) is 24.6 Å². The predicted octanol–water partition coefficient (Wildman–Crippen LogP) is 1.69. The first-order valence-corrected chi connectivity index (χ1v) is 9.51.